The highest BCUT2D eigenvalue weighted by molar-refractivity contribution is 5.46. The van der Waals surface area contributed by atoms with Crippen LogP contribution in [0.2, 0.25) is 0 Å². The van der Waals surface area contributed by atoms with Gasteiger partial charge in [0.15, 0.2) is 0 Å². The first-order valence-corrected chi connectivity index (χ1v) is 3.08. The minimum Gasteiger partial charge on any atom is -0.382 e. The molecule has 0 aliphatic carbocycles. The molecule has 1 heterocycles. The standard InChI is InChI=1S/C6H12N4/c1-9(2)6-4-5(7)8-10(6)3/h4H,1-3H3,(H2,7,8). The zero-order chi connectivity index (χ0) is 7.72. The molecule has 0 atom stereocenters. The van der Waals surface area contributed by atoms with Crippen molar-refractivity contribution in [2.75, 3.05) is 24.7 Å². The summed E-state index contributed by atoms with van der Waals surface area (Å²) in [6.45, 7) is 0. The summed E-state index contributed by atoms with van der Waals surface area (Å²) < 4.78 is 1.75. The molecule has 0 aliphatic rings. The summed E-state index contributed by atoms with van der Waals surface area (Å²) >= 11 is 0. The SMILES string of the molecule is CN(C)c1cc(N)nn1C. The molecular formula is C6H12N4. The first kappa shape index (κ1) is 6.92. The fourth-order valence-electron chi connectivity index (χ4n) is 0.898. The number of aromatic nitrogens is 2. The molecule has 0 amide bonds. The van der Waals surface area contributed by atoms with Crippen LogP contribution in [-0.4, -0.2) is 23.9 Å². The number of nitrogens with two attached hydrogens (primary N) is 1. The van der Waals surface area contributed by atoms with Crippen molar-refractivity contribution in [2.24, 2.45) is 7.05 Å². The molecule has 0 aliphatic heterocycles. The molecule has 4 nitrogen and oxygen atoms in total. The molecule has 0 fully saturated rings. The fourth-order valence-corrected chi connectivity index (χ4v) is 0.898. The van der Waals surface area contributed by atoms with Crippen LogP contribution in [0.15, 0.2) is 6.07 Å². The van der Waals surface area contributed by atoms with Crippen LogP contribution >= 0.6 is 0 Å². The van der Waals surface area contributed by atoms with E-state index in [1.165, 1.54) is 0 Å². The van der Waals surface area contributed by atoms with Gasteiger partial charge in [0.05, 0.1) is 0 Å². The number of hydrogen-bond donors (Lipinski definition) is 1. The van der Waals surface area contributed by atoms with Crippen LogP contribution in [0, 0.1) is 0 Å². The number of rotatable bonds is 1. The van der Waals surface area contributed by atoms with Crippen molar-refractivity contribution in [1.29, 1.82) is 0 Å². The minimum atomic E-state index is 0.561. The van der Waals surface area contributed by atoms with Crippen molar-refractivity contribution in [3.05, 3.63) is 6.07 Å². The molecular weight excluding hydrogens is 128 g/mol. The summed E-state index contributed by atoms with van der Waals surface area (Å²) in [5.41, 5.74) is 5.46. The third kappa shape index (κ3) is 1.05. The molecule has 0 radical (unpaired) electrons. The number of nitrogens with zero attached hydrogens (tertiary/aromatic N) is 3. The Morgan fingerprint density at radius 3 is 2.40 bits per heavy atom. The molecule has 56 valence electrons. The molecule has 0 aromatic carbocycles. The zero-order valence-electron chi connectivity index (χ0n) is 6.50. The summed E-state index contributed by atoms with van der Waals surface area (Å²) in [5.74, 6) is 1.57. The van der Waals surface area contributed by atoms with Gasteiger partial charge in [0.2, 0.25) is 0 Å². The quantitative estimate of drug-likeness (QED) is 0.600. The summed E-state index contributed by atoms with van der Waals surface area (Å²) in [6.07, 6.45) is 0. The Bertz CT molecular complexity index is 226. The minimum absolute atomic E-state index is 0.561. The normalized spacial score (nSPS) is 9.90. The lowest BCUT2D eigenvalue weighted by atomic mass is 10.5. The van der Waals surface area contributed by atoms with E-state index in [0.717, 1.165) is 5.82 Å². The van der Waals surface area contributed by atoms with Crippen LogP contribution in [0.25, 0.3) is 0 Å². The number of nitrogen functional groups attached to an aromatic ring is 1. The van der Waals surface area contributed by atoms with Gasteiger partial charge in [-0.2, -0.15) is 5.10 Å². The van der Waals surface area contributed by atoms with Crippen LogP contribution < -0.4 is 10.6 Å². The summed E-state index contributed by atoms with van der Waals surface area (Å²) in [6, 6.07) is 1.83. The first-order chi connectivity index (χ1) is 4.61. The molecule has 0 saturated heterocycles. The van der Waals surface area contributed by atoms with Gasteiger partial charge in [-0.05, 0) is 0 Å². The second kappa shape index (κ2) is 2.21. The van der Waals surface area contributed by atoms with Crippen molar-refractivity contribution < 1.29 is 0 Å². The maximum atomic E-state index is 5.46. The Morgan fingerprint density at radius 2 is 2.20 bits per heavy atom. The van der Waals surface area contributed by atoms with Crippen LogP contribution in [-0.2, 0) is 7.05 Å². The van der Waals surface area contributed by atoms with E-state index in [0.29, 0.717) is 5.82 Å². The maximum absolute atomic E-state index is 5.46. The van der Waals surface area contributed by atoms with E-state index >= 15 is 0 Å². The smallest absolute Gasteiger partial charge is 0.147 e. The van der Waals surface area contributed by atoms with Gasteiger partial charge in [-0.1, -0.05) is 0 Å². The van der Waals surface area contributed by atoms with E-state index in [-0.39, 0.29) is 0 Å². The van der Waals surface area contributed by atoms with Crippen LogP contribution in [0.3, 0.4) is 0 Å². The van der Waals surface area contributed by atoms with E-state index in [2.05, 4.69) is 5.10 Å². The lowest BCUT2D eigenvalue weighted by molar-refractivity contribution is 0.758. The lowest BCUT2D eigenvalue weighted by Gasteiger charge is -2.10. The van der Waals surface area contributed by atoms with Gasteiger partial charge in [0.25, 0.3) is 0 Å². The molecule has 0 saturated carbocycles. The monoisotopic (exact) mass is 140 g/mol. The van der Waals surface area contributed by atoms with Gasteiger partial charge in [-0.25, -0.2) is 0 Å². The summed E-state index contributed by atoms with van der Waals surface area (Å²) in [4.78, 5) is 1.96. The van der Waals surface area contributed by atoms with E-state index in [9.17, 15) is 0 Å². The maximum Gasteiger partial charge on any atom is 0.147 e. The van der Waals surface area contributed by atoms with E-state index in [1.54, 1.807) is 4.68 Å². The highest BCUT2D eigenvalue weighted by Crippen LogP contribution is 2.12. The Morgan fingerprint density at radius 1 is 1.60 bits per heavy atom. The highest BCUT2D eigenvalue weighted by atomic mass is 15.4. The Hall–Kier alpha value is -1.19. The van der Waals surface area contributed by atoms with Crippen LogP contribution in [0.5, 0.6) is 0 Å². The second-order valence-corrected chi connectivity index (χ2v) is 2.45. The predicted molar refractivity (Wildman–Crippen MR) is 41.9 cm³/mol. The van der Waals surface area contributed by atoms with Gasteiger partial charge in [0.1, 0.15) is 11.6 Å². The van der Waals surface area contributed by atoms with Crippen LogP contribution in [0.1, 0.15) is 0 Å². The molecule has 0 bridgehead atoms. The molecule has 4 heteroatoms. The van der Waals surface area contributed by atoms with Gasteiger partial charge in [0, 0.05) is 27.2 Å². The summed E-state index contributed by atoms with van der Waals surface area (Å²) in [5, 5.41) is 3.99. The van der Waals surface area contributed by atoms with Crippen LogP contribution in [0.4, 0.5) is 11.6 Å². The van der Waals surface area contributed by atoms with Crippen molar-refractivity contribution in [1.82, 2.24) is 9.78 Å². The third-order valence-corrected chi connectivity index (χ3v) is 1.33. The Labute approximate surface area is 60.2 Å². The van der Waals surface area contributed by atoms with Gasteiger partial charge >= 0.3 is 0 Å². The molecule has 2 N–H and O–H groups in total. The lowest BCUT2D eigenvalue weighted by Crippen LogP contribution is -2.12. The molecule has 1 rings (SSSR count). The van der Waals surface area contributed by atoms with Crippen molar-refractivity contribution in [3.8, 4) is 0 Å². The molecule has 0 unspecified atom stereocenters. The van der Waals surface area contributed by atoms with E-state index < -0.39 is 0 Å². The van der Waals surface area contributed by atoms with E-state index in [4.69, 9.17) is 5.73 Å². The fraction of sp³-hybridized carbons (Fsp3) is 0.500. The number of hydrogen-bond acceptors (Lipinski definition) is 3. The predicted octanol–water partition coefficient (Wildman–Crippen LogP) is 0.0683. The Balaban J connectivity index is 3.03. The average molecular weight is 140 g/mol. The third-order valence-electron chi connectivity index (χ3n) is 1.33. The number of aryl methyl sites for hydroxylation is 1. The zero-order valence-corrected chi connectivity index (χ0v) is 6.50. The summed E-state index contributed by atoms with van der Waals surface area (Å²) in [7, 11) is 5.78. The molecule has 10 heavy (non-hydrogen) atoms. The van der Waals surface area contributed by atoms with Gasteiger partial charge < -0.3 is 10.6 Å². The highest BCUT2D eigenvalue weighted by Gasteiger charge is 2.01. The second-order valence-electron chi connectivity index (χ2n) is 2.45. The topological polar surface area (TPSA) is 47.1 Å². The van der Waals surface area contributed by atoms with Gasteiger partial charge in [-0.15, -0.1) is 0 Å². The molecule has 1 aromatic heterocycles. The van der Waals surface area contributed by atoms with Crippen molar-refractivity contribution in [3.63, 3.8) is 0 Å². The Kier molecular flexibility index (Phi) is 1.53. The number of anilines is 2. The molecule has 1 aromatic rings. The molecule has 0 spiro atoms. The van der Waals surface area contributed by atoms with E-state index in [1.807, 2.05) is 32.1 Å². The van der Waals surface area contributed by atoms with Crippen molar-refractivity contribution >= 4 is 11.6 Å². The van der Waals surface area contributed by atoms with Gasteiger partial charge in [-0.3, -0.25) is 4.68 Å². The first-order valence-electron chi connectivity index (χ1n) is 3.08. The average Bonchev–Trinajstić information content (AvgIpc) is 2.10. The van der Waals surface area contributed by atoms with Crippen molar-refractivity contribution in [2.45, 2.75) is 0 Å². The largest absolute Gasteiger partial charge is 0.382 e.